The van der Waals surface area contributed by atoms with Crippen LogP contribution in [0, 0.1) is 0 Å². The molecule has 7 aromatic rings. The fourth-order valence-corrected chi connectivity index (χ4v) is 9.62. The number of rotatable bonds is 8. The topological polar surface area (TPSA) is 3.24 Å². The zero-order chi connectivity index (χ0) is 35.1. The average Bonchev–Trinajstić information content (AvgIpc) is 3.51. The molecule has 0 aromatic heterocycles. The molecule has 256 valence electrons. The van der Waals surface area contributed by atoms with E-state index in [4.69, 9.17) is 0 Å². The van der Waals surface area contributed by atoms with Gasteiger partial charge in [-0.15, -0.1) is 0 Å². The van der Waals surface area contributed by atoms with E-state index in [0.717, 1.165) is 12.8 Å². The van der Waals surface area contributed by atoms with Crippen LogP contribution < -0.4 is 4.90 Å². The Morgan fingerprint density at radius 2 is 1.08 bits per heavy atom. The Morgan fingerprint density at radius 1 is 0.519 bits per heavy atom. The van der Waals surface area contributed by atoms with Crippen LogP contribution in [0.25, 0.3) is 44.2 Å². The largest absolute Gasteiger partial charge is 0.309 e. The summed E-state index contributed by atoms with van der Waals surface area (Å²) in [6.45, 7) is 4.75. The molecule has 2 aliphatic carbocycles. The Hall–Kier alpha value is -5.40. The third-order valence-electron chi connectivity index (χ3n) is 12.4. The van der Waals surface area contributed by atoms with Crippen molar-refractivity contribution in [1.29, 1.82) is 0 Å². The first-order valence-electron chi connectivity index (χ1n) is 19.5. The van der Waals surface area contributed by atoms with Gasteiger partial charge in [-0.1, -0.05) is 161 Å². The quantitative estimate of drug-likeness (QED) is 0.155. The first-order chi connectivity index (χ1) is 25.7. The van der Waals surface area contributed by atoms with Crippen molar-refractivity contribution in [2.75, 3.05) is 4.90 Å². The molecule has 0 atom stereocenters. The average molecular weight is 674 g/mol. The van der Waals surface area contributed by atoms with Crippen LogP contribution in [0.3, 0.4) is 0 Å². The monoisotopic (exact) mass is 673 g/mol. The summed E-state index contributed by atoms with van der Waals surface area (Å²) in [6, 6.07) is 59.3. The molecule has 1 fully saturated rings. The maximum Gasteiger partial charge on any atom is 0.0621 e. The van der Waals surface area contributed by atoms with E-state index < -0.39 is 0 Å². The molecular formula is C51H47N. The van der Waals surface area contributed by atoms with Crippen LogP contribution in [0.2, 0.25) is 0 Å². The molecule has 0 saturated heterocycles. The number of anilines is 3. The van der Waals surface area contributed by atoms with Crippen molar-refractivity contribution in [1.82, 2.24) is 0 Å². The second-order valence-electron chi connectivity index (χ2n) is 14.9. The highest BCUT2D eigenvalue weighted by Crippen LogP contribution is 2.59. The summed E-state index contributed by atoms with van der Waals surface area (Å²) >= 11 is 0. The zero-order valence-corrected chi connectivity index (χ0v) is 30.5. The van der Waals surface area contributed by atoms with Crippen molar-refractivity contribution in [3.05, 3.63) is 174 Å². The summed E-state index contributed by atoms with van der Waals surface area (Å²) < 4.78 is 0. The highest BCUT2D eigenvalue weighted by atomic mass is 15.1. The van der Waals surface area contributed by atoms with Crippen molar-refractivity contribution in [3.8, 4) is 33.4 Å². The van der Waals surface area contributed by atoms with Gasteiger partial charge in [0.15, 0.2) is 0 Å². The summed E-state index contributed by atoms with van der Waals surface area (Å²) in [5.41, 5.74) is 15.8. The van der Waals surface area contributed by atoms with Gasteiger partial charge in [-0.05, 0) is 112 Å². The highest BCUT2D eigenvalue weighted by molar-refractivity contribution is 6.10. The Balaban J connectivity index is 1.27. The second-order valence-corrected chi connectivity index (χ2v) is 14.9. The van der Waals surface area contributed by atoms with Crippen LogP contribution in [-0.2, 0) is 5.41 Å². The number of hydrogen-bond donors (Lipinski definition) is 0. The summed E-state index contributed by atoms with van der Waals surface area (Å²) in [4.78, 5) is 2.57. The maximum atomic E-state index is 2.57. The molecule has 0 spiro atoms. The lowest BCUT2D eigenvalue weighted by atomic mass is 9.73. The van der Waals surface area contributed by atoms with Gasteiger partial charge in [0.25, 0.3) is 0 Å². The lowest BCUT2D eigenvalue weighted by Gasteiger charge is -2.33. The third kappa shape index (κ3) is 5.37. The Morgan fingerprint density at radius 3 is 1.75 bits per heavy atom. The number of hydrogen-bond acceptors (Lipinski definition) is 1. The fraction of sp³-hybridized carbons (Fsp3) is 0.216. The second kappa shape index (κ2) is 13.6. The van der Waals surface area contributed by atoms with E-state index >= 15 is 0 Å². The fourth-order valence-electron chi connectivity index (χ4n) is 9.62. The van der Waals surface area contributed by atoms with Crippen LogP contribution >= 0.6 is 0 Å². The smallest absolute Gasteiger partial charge is 0.0621 e. The summed E-state index contributed by atoms with van der Waals surface area (Å²) in [7, 11) is 0. The van der Waals surface area contributed by atoms with Crippen LogP contribution in [0.1, 0.15) is 81.4 Å². The van der Waals surface area contributed by atoms with Gasteiger partial charge < -0.3 is 4.90 Å². The van der Waals surface area contributed by atoms with Gasteiger partial charge in [0.05, 0.1) is 5.69 Å². The highest BCUT2D eigenvalue weighted by Gasteiger charge is 2.43. The molecule has 0 unspecified atom stereocenters. The predicted octanol–water partition coefficient (Wildman–Crippen LogP) is 14.8. The lowest BCUT2D eigenvalue weighted by molar-refractivity contribution is 0.443. The van der Waals surface area contributed by atoms with E-state index in [-0.39, 0.29) is 5.41 Å². The minimum Gasteiger partial charge on any atom is -0.309 e. The molecule has 0 N–H and O–H groups in total. The van der Waals surface area contributed by atoms with Gasteiger partial charge in [0, 0.05) is 27.7 Å². The molecule has 1 saturated carbocycles. The van der Waals surface area contributed by atoms with Crippen molar-refractivity contribution in [2.45, 2.75) is 70.1 Å². The predicted molar refractivity (Wildman–Crippen MR) is 222 cm³/mol. The molecule has 0 radical (unpaired) electrons. The van der Waals surface area contributed by atoms with E-state index in [0.29, 0.717) is 5.92 Å². The molecule has 0 bridgehead atoms. The Bertz CT molecular complexity index is 2340. The van der Waals surface area contributed by atoms with Crippen LogP contribution in [0.4, 0.5) is 17.1 Å². The molecule has 2 aliphatic rings. The van der Waals surface area contributed by atoms with E-state index in [1.165, 1.54) is 110 Å². The molecule has 52 heavy (non-hydrogen) atoms. The minimum absolute atomic E-state index is 0.0216. The standard InChI is InChI=1S/C51H47N/c1-3-51(4-2)47-26-16-15-25-46(47)49-48(51)35-40-21-11-12-24-45(40)50(49)52(41-31-27-37(28-32-41)36-17-7-5-8-18-36)42-33-29-39(30-34-42)44-23-14-13-22-43(44)38-19-9-6-10-20-38/h6,9-16,19-36H,3-5,7-8,17-18H2,1-2H3. The molecule has 0 aliphatic heterocycles. The summed E-state index contributed by atoms with van der Waals surface area (Å²) in [5, 5.41) is 2.58. The van der Waals surface area contributed by atoms with Gasteiger partial charge in [0.2, 0.25) is 0 Å². The first-order valence-corrected chi connectivity index (χ1v) is 19.5. The van der Waals surface area contributed by atoms with E-state index in [1.54, 1.807) is 0 Å². The molecule has 9 rings (SSSR count). The Labute approximate surface area is 309 Å². The first kappa shape index (κ1) is 32.5. The SMILES string of the molecule is CCC1(CC)c2ccccc2-c2c1cc1ccccc1c2N(c1ccc(-c2ccccc2-c2ccccc2)cc1)c1ccc(C2CCCCC2)cc1. The van der Waals surface area contributed by atoms with Crippen molar-refractivity contribution >= 4 is 27.8 Å². The lowest BCUT2D eigenvalue weighted by Crippen LogP contribution is -2.23. The van der Waals surface area contributed by atoms with E-state index in [2.05, 4.69) is 176 Å². The third-order valence-corrected chi connectivity index (χ3v) is 12.4. The van der Waals surface area contributed by atoms with Crippen LogP contribution in [0.15, 0.2) is 158 Å². The van der Waals surface area contributed by atoms with Gasteiger partial charge in [-0.2, -0.15) is 0 Å². The maximum absolute atomic E-state index is 2.57. The van der Waals surface area contributed by atoms with Gasteiger partial charge in [-0.25, -0.2) is 0 Å². The van der Waals surface area contributed by atoms with Crippen LogP contribution in [0.5, 0.6) is 0 Å². The number of benzene rings is 7. The van der Waals surface area contributed by atoms with E-state index in [1.807, 2.05) is 0 Å². The zero-order valence-electron chi connectivity index (χ0n) is 30.5. The molecule has 7 aromatic carbocycles. The van der Waals surface area contributed by atoms with Crippen molar-refractivity contribution < 1.29 is 0 Å². The van der Waals surface area contributed by atoms with E-state index in [9.17, 15) is 0 Å². The van der Waals surface area contributed by atoms with Crippen molar-refractivity contribution in [2.24, 2.45) is 0 Å². The molecule has 0 amide bonds. The summed E-state index contributed by atoms with van der Waals surface area (Å²) in [6.07, 6.45) is 8.80. The molecule has 1 heteroatoms. The summed E-state index contributed by atoms with van der Waals surface area (Å²) in [5.74, 6) is 0.670. The number of nitrogens with zero attached hydrogens (tertiary/aromatic N) is 1. The van der Waals surface area contributed by atoms with Gasteiger partial charge in [0.1, 0.15) is 0 Å². The molecule has 0 heterocycles. The molecular weight excluding hydrogens is 627 g/mol. The van der Waals surface area contributed by atoms with Gasteiger partial charge in [-0.3, -0.25) is 0 Å². The number of fused-ring (bicyclic) bond motifs is 4. The van der Waals surface area contributed by atoms with Crippen molar-refractivity contribution in [3.63, 3.8) is 0 Å². The van der Waals surface area contributed by atoms with Gasteiger partial charge >= 0.3 is 0 Å². The minimum atomic E-state index is -0.0216. The normalized spacial score (nSPS) is 15.0. The Kier molecular flexibility index (Phi) is 8.51. The molecule has 1 nitrogen and oxygen atoms in total. The van der Waals surface area contributed by atoms with Crippen LogP contribution in [-0.4, -0.2) is 0 Å².